The van der Waals surface area contributed by atoms with Crippen LogP contribution in [0.2, 0.25) is 0 Å². The van der Waals surface area contributed by atoms with Crippen LogP contribution in [0, 0.1) is 0 Å². The second-order valence-electron chi connectivity index (χ2n) is 5.64. The highest BCUT2D eigenvalue weighted by Gasteiger charge is 2.14. The topological polar surface area (TPSA) is 66.0 Å². The molecule has 0 spiro atoms. The Kier molecular flexibility index (Phi) is 7.14. The third-order valence-corrected chi connectivity index (χ3v) is 3.96. The van der Waals surface area contributed by atoms with Crippen LogP contribution in [0.3, 0.4) is 0 Å². The molecule has 6 nitrogen and oxygen atoms in total. The molecule has 0 heterocycles. The van der Waals surface area contributed by atoms with Crippen molar-refractivity contribution in [3.8, 4) is 23.0 Å². The van der Waals surface area contributed by atoms with Gasteiger partial charge in [-0.2, -0.15) is 0 Å². The van der Waals surface area contributed by atoms with E-state index in [0.29, 0.717) is 17.2 Å². The molecule has 0 radical (unpaired) electrons. The van der Waals surface area contributed by atoms with E-state index in [9.17, 15) is 4.79 Å². The fraction of sp³-hybridized carbons (Fsp3) is 0.350. The van der Waals surface area contributed by atoms with Crippen molar-refractivity contribution >= 4 is 5.91 Å². The molecule has 140 valence electrons. The van der Waals surface area contributed by atoms with Gasteiger partial charge in [0.25, 0.3) is 5.91 Å². The molecule has 1 amide bonds. The monoisotopic (exact) mass is 359 g/mol. The highest BCUT2D eigenvalue weighted by Crippen LogP contribution is 2.27. The number of methoxy groups -OCH3 is 3. The van der Waals surface area contributed by atoms with Gasteiger partial charge in [-0.1, -0.05) is 19.1 Å². The van der Waals surface area contributed by atoms with E-state index in [1.807, 2.05) is 31.2 Å². The molecule has 0 aliphatic rings. The Bertz CT molecular complexity index is 692. The molecule has 0 saturated carbocycles. The molecule has 0 aromatic heterocycles. The summed E-state index contributed by atoms with van der Waals surface area (Å²) >= 11 is 0. The summed E-state index contributed by atoms with van der Waals surface area (Å²) in [5.41, 5.74) is 1.02. The number of carbonyl (C=O) groups is 1. The summed E-state index contributed by atoms with van der Waals surface area (Å²) in [5.74, 6) is 2.29. The zero-order valence-corrected chi connectivity index (χ0v) is 15.6. The van der Waals surface area contributed by atoms with Gasteiger partial charge in [-0.3, -0.25) is 4.79 Å². The summed E-state index contributed by atoms with van der Waals surface area (Å²) in [5, 5.41) is 2.98. The first-order valence-electron chi connectivity index (χ1n) is 8.38. The Morgan fingerprint density at radius 2 is 1.42 bits per heavy atom. The Balaban J connectivity index is 1.96. The SMILES string of the molecule is CC[C@H](NC(=O)COc1cc(OC)cc(OC)c1)c1ccc(OC)cc1. The van der Waals surface area contributed by atoms with Gasteiger partial charge in [0.05, 0.1) is 27.4 Å². The highest BCUT2D eigenvalue weighted by molar-refractivity contribution is 5.78. The molecule has 2 aromatic rings. The van der Waals surface area contributed by atoms with E-state index in [1.54, 1.807) is 39.5 Å². The Morgan fingerprint density at radius 3 is 1.92 bits per heavy atom. The van der Waals surface area contributed by atoms with Crippen LogP contribution in [0.1, 0.15) is 24.9 Å². The van der Waals surface area contributed by atoms with E-state index in [4.69, 9.17) is 18.9 Å². The lowest BCUT2D eigenvalue weighted by atomic mass is 10.0. The third-order valence-electron chi connectivity index (χ3n) is 3.96. The molecule has 0 bridgehead atoms. The molecular formula is C20H25NO5. The predicted octanol–water partition coefficient (Wildman–Crippen LogP) is 3.36. The van der Waals surface area contributed by atoms with E-state index >= 15 is 0 Å². The lowest BCUT2D eigenvalue weighted by molar-refractivity contribution is -0.123. The van der Waals surface area contributed by atoms with E-state index in [0.717, 1.165) is 17.7 Å². The van der Waals surface area contributed by atoms with Crippen molar-refractivity contribution in [2.45, 2.75) is 19.4 Å². The lowest BCUT2D eigenvalue weighted by Gasteiger charge is -2.18. The average Bonchev–Trinajstić information content (AvgIpc) is 2.70. The van der Waals surface area contributed by atoms with Crippen LogP contribution < -0.4 is 24.3 Å². The van der Waals surface area contributed by atoms with Gasteiger partial charge in [0.15, 0.2) is 6.61 Å². The van der Waals surface area contributed by atoms with Gasteiger partial charge in [0.2, 0.25) is 0 Å². The van der Waals surface area contributed by atoms with Gasteiger partial charge in [-0.15, -0.1) is 0 Å². The maximum Gasteiger partial charge on any atom is 0.258 e. The molecule has 0 unspecified atom stereocenters. The minimum Gasteiger partial charge on any atom is -0.497 e. The van der Waals surface area contributed by atoms with Crippen molar-refractivity contribution < 1.29 is 23.7 Å². The van der Waals surface area contributed by atoms with Gasteiger partial charge in [-0.05, 0) is 24.1 Å². The van der Waals surface area contributed by atoms with Crippen LogP contribution in [0.5, 0.6) is 23.0 Å². The summed E-state index contributed by atoms with van der Waals surface area (Å²) in [4.78, 5) is 12.3. The molecule has 26 heavy (non-hydrogen) atoms. The normalized spacial score (nSPS) is 11.4. The van der Waals surface area contributed by atoms with Crippen molar-refractivity contribution in [1.82, 2.24) is 5.32 Å². The molecule has 2 rings (SSSR count). The van der Waals surface area contributed by atoms with Gasteiger partial charge in [-0.25, -0.2) is 0 Å². The first kappa shape index (κ1) is 19.4. The van der Waals surface area contributed by atoms with Gasteiger partial charge in [0, 0.05) is 18.2 Å². The van der Waals surface area contributed by atoms with Crippen molar-refractivity contribution in [3.63, 3.8) is 0 Å². The van der Waals surface area contributed by atoms with E-state index < -0.39 is 0 Å². The number of benzene rings is 2. The summed E-state index contributed by atoms with van der Waals surface area (Å²) in [7, 11) is 4.75. The Hall–Kier alpha value is -2.89. The molecule has 0 saturated heterocycles. The van der Waals surface area contributed by atoms with Crippen molar-refractivity contribution in [2.24, 2.45) is 0 Å². The number of amides is 1. The number of rotatable bonds is 9. The second-order valence-corrected chi connectivity index (χ2v) is 5.64. The summed E-state index contributed by atoms with van der Waals surface area (Å²) < 4.78 is 21.1. The summed E-state index contributed by atoms with van der Waals surface area (Å²) in [6, 6.07) is 12.7. The van der Waals surface area contributed by atoms with E-state index in [1.165, 1.54) is 0 Å². The first-order chi connectivity index (χ1) is 12.6. The molecule has 0 aliphatic heterocycles. The fourth-order valence-corrected chi connectivity index (χ4v) is 2.51. The maximum atomic E-state index is 12.3. The molecule has 0 aliphatic carbocycles. The largest absolute Gasteiger partial charge is 0.497 e. The Morgan fingerprint density at radius 1 is 0.885 bits per heavy atom. The van der Waals surface area contributed by atoms with Crippen LogP contribution >= 0.6 is 0 Å². The minimum atomic E-state index is -0.200. The second kappa shape index (κ2) is 9.56. The maximum absolute atomic E-state index is 12.3. The molecule has 6 heteroatoms. The smallest absolute Gasteiger partial charge is 0.258 e. The first-order valence-corrected chi connectivity index (χ1v) is 8.38. The van der Waals surface area contributed by atoms with Crippen LogP contribution in [0.15, 0.2) is 42.5 Å². The Labute approximate surface area is 154 Å². The number of carbonyl (C=O) groups excluding carboxylic acids is 1. The molecule has 1 atom stereocenters. The number of nitrogens with one attached hydrogen (secondary N) is 1. The highest BCUT2D eigenvalue weighted by atomic mass is 16.5. The summed E-state index contributed by atoms with van der Waals surface area (Å²) in [6.45, 7) is 1.92. The predicted molar refractivity (Wildman–Crippen MR) is 99.2 cm³/mol. The fourth-order valence-electron chi connectivity index (χ4n) is 2.51. The van der Waals surface area contributed by atoms with Crippen LogP contribution in [0.4, 0.5) is 0 Å². The van der Waals surface area contributed by atoms with Gasteiger partial charge < -0.3 is 24.3 Å². The van der Waals surface area contributed by atoms with Crippen LogP contribution in [-0.2, 0) is 4.79 Å². The molecule has 1 N–H and O–H groups in total. The number of hydrogen-bond donors (Lipinski definition) is 1. The standard InChI is InChI=1S/C20H25NO5/c1-5-19(14-6-8-15(23-2)9-7-14)21-20(22)13-26-18-11-16(24-3)10-17(12-18)25-4/h6-12,19H,5,13H2,1-4H3,(H,21,22)/t19-/m0/s1. The molecule has 0 fully saturated rings. The van der Waals surface area contributed by atoms with Crippen LogP contribution in [0.25, 0.3) is 0 Å². The zero-order valence-electron chi connectivity index (χ0n) is 15.6. The van der Waals surface area contributed by atoms with Gasteiger partial charge in [0.1, 0.15) is 23.0 Å². The van der Waals surface area contributed by atoms with Crippen molar-refractivity contribution in [1.29, 1.82) is 0 Å². The third kappa shape index (κ3) is 5.31. The van der Waals surface area contributed by atoms with Crippen LogP contribution in [-0.4, -0.2) is 33.8 Å². The van der Waals surface area contributed by atoms with E-state index in [2.05, 4.69) is 5.32 Å². The quantitative estimate of drug-likeness (QED) is 0.744. The number of ether oxygens (including phenoxy) is 4. The molecule has 2 aromatic carbocycles. The van der Waals surface area contributed by atoms with Crippen molar-refractivity contribution in [2.75, 3.05) is 27.9 Å². The van der Waals surface area contributed by atoms with E-state index in [-0.39, 0.29) is 18.6 Å². The zero-order chi connectivity index (χ0) is 18.9. The summed E-state index contributed by atoms with van der Waals surface area (Å²) in [6.07, 6.45) is 0.769. The van der Waals surface area contributed by atoms with Gasteiger partial charge >= 0.3 is 0 Å². The average molecular weight is 359 g/mol. The van der Waals surface area contributed by atoms with Crippen molar-refractivity contribution in [3.05, 3.63) is 48.0 Å². The lowest BCUT2D eigenvalue weighted by Crippen LogP contribution is -2.32. The molecular weight excluding hydrogens is 334 g/mol. The minimum absolute atomic E-state index is 0.0862. The number of hydrogen-bond acceptors (Lipinski definition) is 5.